The Hall–Kier alpha value is -3.60. The molecule has 11 heteroatoms. The number of hydrogen-bond donors (Lipinski definition) is 3. The molecule has 1 aromatic heterocycles. The number of nitrogens with one attached hydrogen (secondary N) is 2. The molecule has 2 aromatic carbocycles. The average molecular weight is 432 g/mol. The van der Waals surface area contributed by atoms with Crippen LogP contribution in [-0.4, -0.2) is 26.8 Å². The normalized spacial score (nSPS) is 11.0. The summed E-state index contributed by atoms with van der Waals surface area (Å²) in [4.78, 5) is 36.5. The molecule has 0 saturated carbocycles. The number of fused-ring (bicyclic) bond motifs is 1. The molecule has 0 aliphatic rings. The summed E-state index contributed by atoms with van der Waals surface area (Å²) in [5, 5.41) is 30.2. The molecule has 0 aliphatic heterocycles. The van der Waals surface area contributed by atoms with Crippen LogP contribution in [-0.2, 0) is 9.59 Å². The first-order chi connectivity index (χ1) is 12.8. The number of aromatic nitrogens is 1. The minimum atomic E-state index is -1.20. The molecule has 0 bridgehead atoms. The maximum Gasteiger partial charge on any atom is 0.353 e. The Kier molecular flexibility index (Phi) is 4.94. The van der Waals surface area contributed by atoms with Crippen LogP contribution in [0.1, 0.15) is 0 Å². The summed E-state index contributed by atoms with van der Waals surface area (Å²) in [6.45, 7) is 0. The second-order valence-electron chi connectivity index (χ2n) is 5.28. The highest BCUT2D eigenvalue weighted by Gasteiger charge is 2.17. The fraction of sp³-hybridized carbons (Fsp3) is 0. The van der Waals surface area contributed by atoms with Crippen molar-refractivity contribution in [1.29, 1.82) is 0 Å². The van der Waals surface area contributed by atoms with Crippen LogP contribution in [0.3, 0.4) is 0 Å². The van der Waals surface area contributed by atoms with Gasteiger partial charge in [-0.25, -0.2) is 0 Å². The number of hydrogen-bond acceptors (Lipinski definition) is 6. The van der Waals surface area contributed by atoms with Crippen molar-refractivity contribution in [3.05, 3.63) is 57.1 Å². The van der Waals surface area contributed by atoms with Crippen molar-refractivity contribution in [2.24, 2.45) is 10.2 Å². The number of azo groups is 1. The lowest BCUT2D eigenvalue weighted by molar-refractivity contribution is -0.384. The number of nitrogens with zero attached hydrogens (tertiary/aromatic N) is 3. The van der Waals surface area contributed by atoms with Gasteiger partial charge in [-0.1, -0.05) is 15.9 Å². The number of nitro benzene ring substituents is 1. The van der Waals surface area contributed by atoms with Crippen molar-refractivity contribution in [3.8, 4) is 5.88 Å². The molecule has 0 radical (unpaired) electrons. The number of amides is 2. The predicted molar refractivity (Wildman–Crippen MR) is 98.9 cm³/mol. The number of halogens is 1. The monoisotopic (exact) mass is 431 g/mol. The SMILES string of the molecule is O=C(N=Nc1c(O)[nH]c2ccc([N+](=O)[O-])cc12)C(=O)Nc1ccc(Br)cc1. The van der Waals surface area contributed by atoms with Crippen molar-refractivity contribution in [1.82, 2.24) is 4.98 Å². The van der Waals surface area contributed by atoms with Crippen molar-refractivity contribution < 1.29 is 19.6 Å². The molecule has 3 aromatic rings. The van der Waals surface area contributed by atoms with Crippen LogP contribution < -0.4 is 5.32 Å². The molecule has 0 atom stereocenters. The molecular weight excluding hydrogens is 422 g/mol. The maximum atomic E-state index is 11.9. The Morgan fingerprint density at radius 3 is 2.56 bits per heavy atom. The van der Waals surface area contributed by atoms with Crippen molar-refractivity contribution in [2.75, 3.05) is 5.32 Å². The predicted octanol–water partition coefficient (Wildman–Crippen LogP) is 3.79. The third-order valence-electron chi connectivity index (χ3n) is 3.48. The summed E-state index contributed by atoms with van der Waals surface area (Å²) in [7, 11) is 0. The van der Waals surface area contributed by atoms with Gasteiger partial charge in [-0.2, -0.15) is 0 Å². The van der Waals surface area contributed by atoms with E-state index in [9.17, 15) is 24.8 Å². The van der Waals surface area contributed by atoms with Gasteiger partial charge < -0.3 is 15.4 Å². The Morgan fingerprint density at radius 2 is 1.89 bits per heavy atom. The number of benzene rings is 2. The van der Waals surface area contributed by atoms with Crippen LogP contribution in [0, 0.1) is 10.1 Å². The minimum absolute atomic E-state index is 0.182. The van der Waals surface area contributed by atoms with Crippen LogP contribution in [0.4, 0.5) is 17.1 Å². The highest BCUT2D eigenvalue weighted by atomic mass is 79.9. The number of anilines is 1. The molecule has 0 saturated heterocycles. The molecule has 3 rings (SSSR count). The molecule has 0 fully saturated rings. The zero-order valence-electron chi connectivity index (χ0n) is 13.3. The molecule has 10 nitrogen and oxygen atoms in total. The maximum absolute atomic E-state index is 11.9. The third-order valence-corrected chi connectivity index (χ3v) is 4.01. The second kappa shape index (κ2) is 7.33. The van der Waals surface area contributed by atoms with Gasteiger partial charge in [0, 0.05) is 27.7 Å². The Labute approximate surface area is 159 Å². The fourth-order valence-corrected chi connectivity index (χ4v) is 2.49. The summed E-state index contributed by atoms with van der Waals surface area (Å²) in [5.74, 6) is -2.65. The molecule has 3 N–H and O–H groups in total. The molecule has 136 valence electrons. The zero-order valence-corrected chi connectivity index (χ0v) is 14.9. The Bertz CT molecular complexity index is 1090. The van der Waals surface area contributed by atoms with Crippen LogP contribution in [0.2, 0.25) is 0 Å². The van der Waals surface area contributed by atoms with Gasteiger partial charge in [0.2, 0.25) is 5.88 Å². The number of rotatable bonds is 3. The van der Waals surface area contributed by atoms with E-state index in [4.69, 9.17) is 0 Å². The van der Waals surface area contributed by atoms with Crippen LogP contribution in [0.5, 0.6) is 5.88 Å². The lowest BCUT2D eigenvalue weighted by Crippen LogP contribution is -2.20. The number of aromatic amines is 1. The lowest BCUT2D eigenvalue weighted by Gasteiger charge is -2.01. The van der Waals surface area contributed by atoms with Gasteiger partial charge in [0.1, 0.15) is 0 Å². The van der Waals surface area contributed by atoms with Crippen molar-refractivity contribution in [2.45, 2.75) is 0 Å². The molecule has 0 unspecified atom stereocenters. The fourth-order valence-electron chi connectivity index (χ4n) is 2.22. The summed E-state index contributed by atoms with van der Waals surface area (Å²) in [6, 6.07) is 10.3. The first-order valence-corrected chi connectivity index (χ1v) is 8.16. The van der Waals surface area contributed by atoms with Gasteiger partial charge in [-0.05, 0) is 30.3 Å². The van der Waals surface area contributed by atoms with E-state index >= 15 is 0 Å². The second-order valence-corrected chi connectivity index (χ2v) is 6.19. The van der Waals surface area contributed by atoms with E-state index in [0.29, 0.717) is 11.2 Å². The average Bonchev–Trinajstić information content (AvgIpc) is 2.95. The highest BCUT2D eigenvalue weighted by Crippen LogP contribution is 2.37. The lowest BCUT2D eigenvalue weighted by atomic mass is 10.2. The van der Waals surface area contributed by atoms with Gasteiger partial charge in [0.25, 0.3) is 5.69 Å². The largest absolute Gasteiger partial charge is 0.493 e. The van der Waals surface area contributed by atoms with Gasteiger partial charge in [-0.3, -0.25) is 19.7 Å². The first-order valence-electron chi connectivity index (χ1n) is 7.37. The molecule has 0 aliphatic carbocycles. The summed E-state index contributed by atoms with van der Waals surface area (Å²) < 4.78 is 0.801. The number of aromatic hydroxyl groups is 1. The van der Waals surface area contributed by atoms with E-state index < -0.39 is 22.6 Å². The van der Waals surface area contributed by atoms with E-state index in [1.165, 1.54) is 18.2 Å². The summed E-state index contributed by atoms with van der Waals surface area (Å²) in [5.41, 5.74) is 0.340. The quantitative estimate of drug-likeness (QED) is 0.249. The molecule has 2 amide bonds. The summed E-state index contributed by atoms with van der Waals surface area (Å²) in [6.07, 6.45) is 0. The van der Waals surface area contributed by atoms with Gasteiger partial charge in [-0.15, -0.1) is 10.2 Å². The van der Waals surface area contributed by atoms with E-state index in [1.54, 1.807) is 24.3 Å². The van der Waals surface area contributed by atoms with Crippen molar-refractivity contribution in [3.63, 3.8) is 0 Å². The molecule has 27 heavy (non-hydrogen) atoms. The number of carbonyl (C=O) groups excluding carboxylic acids is 2. The van der Waals surface area contributed by atoms with Crippen LogP contribution in [0.25, 0.3) is 10.9 Å². The Morgan fingerprint density at radius 1 is 1.19 bits per heavy atom. The van der Waals surface area contributed by atoms with Gasteiger partial charge in [0.15, 0.2) is 5.69 Å². The number of H-pyrrole nitrogens is 1. The van der Waals surface area contributed by atoms with E-state index in [0.717, 1.165) is 4.47 Å². The van der Waals surface area contributed by atoms with Crippen LogP contribution >= 0.6 is 15.9 Å². The smallest absolute Gasteiger partial charge is 0.353 e. The van der Waals surface area contributed by atoms with Crippen molar-refractivity contribution >= 4 is 55.7 Å². The van der Waals surface area contributed by atoms with E-state index in [2.05, 4.69) is 36.5 Å². The highest BCUT2D eigenvalue weighted by molar-refractivity contribution is 9.10. The van der Waals surface area contributed by atoms with Gasteiger partial charge in [0.05, 0.1) is 10.4 Å². The topological polar surface area (TPSA) is 150 Å². The zero-order chi connectivity index (χ0) is 19.6. The molecule has 0 spiro atoms. The summed E-state index contributed by atoms with van der Waals surface area (Å²) >= 11 is 3.25. The van der Waals surface area contributed by atoms with E-state index in [1.807, 2.05) is 0 Å². The number of non-ortho nitro benzene ring substituents is 1. The van der Waals surface area contributed by atoms with Crippen LogP contribution in [0.15, 0.2) is 57.2 Å². The standard InChI is InChI=1S/C16H10BrN5O5/c17-8-1-3-9(4-2-8)18-15(24)16(25)21-20-13-11-7-10(22(26)27)5-6-12(11)19-14(13)23/h1-7,19,23H,(H,18,24). The third kappa shape index (κ3) is 3.98. The number of nitro groups is 1. The molecular formula is C16H10BrN5O5. The number of carbonyl (C=O) groups is 2. The van der Waals surface area contributed by atoms with E-state index in [-0.39, 0.29) is 16.8 Å². The minimum Gasteiger partial charge on any atom is -0.493 e. The first kappa shape index (κ1) is 18.2. The van der Waals surface area contributed by atoms with Gasteiger partial charge >= 0.3 is 11.8 Å². The molecule has 1 heterocycles. The Balaban J connectivity index is 1.82.